The van der Waals surface area contributed by atoms with Gasteiger partial charge in [-0.05, 0) is 51.5 Å². The molecular formula is C17H25N3. The van der Waals surface area contributed by atoms with Crippen LogP contribution in [0, 0.1) is 17.2 Å². The normalized spacial score (nSPS) is 18.9. The third-order valence-corrected chi connectivity index (χ3v) is 4.39. The molecule has 0 N–H and O–H groups in total. The maximum atomic E-state index is 9.10. The van der Waals surface area contributed by atoms with Crippen LogP contribution in [0.15, 0.2) is 30.3 Å². The van der Waals surface area contributed by atoms with Crippen molar-refractivity contribution in [3.05, 3.63) is 35.9 Å². The molecule has 108 valence electrons. The first kappa shape index (κ1) is 15.0. The Morgan fingerprint density at radius 2 is 1.95 bits per heavy atom. The van der Waals surface area contributed by atoms with Gasteiger partial charge in [0, 0.05) is 12.6 Å². The molecule has 1 aromatic carbocycles. The Morgan fingerprint density at radius 1 is 1.30 bits per heavy atom. The fraction of sp³-hybridized carbons (Fsp3) is 0.588. The first-order chi connectivity index (χ1) is 9.70. The zero-order valence-electron chi connectivity index (χ0n) is 12.6. The Labute approximate surface area is 122 Å². The second-order valence-corrected chi connectivity index (χ2v) is 5.97. The summed E-state index contributed by atoms with van der Waals surface area (Å²) in [5, 5.41) is 9.10. The minimum atomic E-state index is 0.223. The van der Waals surface area contributed by atoms with Crippen molar-refractivity contribution in [3.63, 3.8) is 0 Å². The lowest BCUT2D eigenvalue weighted by Crippen LogP contribution is -2.37. The molecule has 1 unspecified atom stereocenters. The van der Waals surface area contributed by atoms with Gasteiger partial charge >= 0.3 is 0 Å². The number of likely N-dealkylation sites (tertiary alicyclic amines) is 1. The third kappa shape index (κ3) is 4.06. The van der Waals surface area contributed by atoms with Gasteiger partial charge in [-0.1, -0.05) is 30.3 Å². The van der Waals surface area contributed by atoms with Gasteiger partial charge < -0.3 is 4.90 Å². The standard InChI is InChI=1S/C17H25N3/c1-19-12-9-15(10-13-19)14-20(2)17(8-11-18)16-6-4-3-5-7-16/h3-7,15,17H,8-10,12-14H2,1-2H3. The summed E-state index contributed by atoms with van der Waals surface area (Å²) in [6.07, 6.45) is 3.11. The predicted molar refractivity (Wildman–Crippen MR) is 82.3 cm³/mol. The van der Waals surface area contributed by atoms with Crippen molar-refractivity contribution in [2.45, 2.75) is 25.3 Å². The molecule has 1 fully saturated rings. The molecule has 1 heterocycles. The number of piperidine rings is 1. The summed E-state index contributed by atoms with van der Waals surface area (Å²) >= 11 is 0. The molecule has 0 amide bonds. The summed E-state index contributed by atoms with van der Waals surface area (Å²) in [4.78, 5) is 4.77. The molecule has 0 saturated carbocycles. The van der Waals surface area contributed by atoms with Gasteiger partial charge in [0.25, 0.3) is 0 Å². The lowest BCUT2D eigenvalue weighted by atomic mass is 9.95. The van der Waals surface area contributed by atoms with E-state index in [-0.39, 0.29) is 6.04 Å². The van der Waals surface area contributed by atoms with E-state index in [0.29, 0.717) is 6.42 Å². The lowest BCUT2D eigenvalue weighted by Gasteiger charge is -2.34. The Bertz CT molecular complexity index is 429. The van der Waals surface area contributed by atoms with Gasteiger partial charge in [0.15, 0.2) is 0 Å². The molecule has 0 bridgehead atoms. The van der Waals surface area contributed by atoms with E-state index in [4.69, 9.17) is 5.26 Å². The van der Waals surface area contributed by atoms with Crippen molar-refractivity contribution >= 4 is 0 Å². The predicted octanol–water partition coefficient (Wildman–Crippen LogP) is 2.91. The highest BCUT2D eigenvalue weighted by Gasteiger charge is 2.22. The van der Waals surface area contributed by atoms with Crippen LogP contribution in [0.4, 0.5) is 0 Å². The van der Waals surface area contributed by atoms with Gasteiger partial charge in [0.1, 0.15) is 0 Å². The Hall–Kier alpha value is -1.37. The summed E-state index contributed by atoms with van der Waals surface area (Å²) in [5.41, 5.74) is 1.25. The van der Waals surface area contributed by atoms with E-state index in [9.17, 15) is 0 Å². The van der Waals surface area contributed by atoms with Gasteiger partial charge in [-0.2, -0.15) is 5.26 Å². The number of benzene rings is 1. The molecule has 1 atom stereocenters. The van der Waals surface area contributed by atoms with E-state index in [1.165, 1.54) is 31.5 Å². The number of nitriles is 1. The molecule has 20 heavy (non-hydrogen) atoms. The van der Waals surface area contributed by atoms with Crippen LogP contribution in [0.1, 0.15) is 30.9 Å². The molecule has 0 aliphatic carbocycles. The average Bonchev–Trinajstić information content (AvgIpc) is 2.48. The van der Waals surface area contributed by atoms with Crippen LogP contribution in [0.25, 0.3) is 0 Å². The van der Waals surface area contributed by atoms with E-state index >= 15 is 0 Å². The Morgan fingerprint density at radius 3 is 2.55 bits per heavy atom. The molecule has 0 aromatic heterocycles. The van der Waals surface area contributed by atoms with Gasteiger partial charge in [-0.3, -0.25) is 4.90 Å². The van der Waals surface area contributed by atoms with E-state index < -0.39 is 0 Å². The van der Waals surface area contributed by atoms with Crippen LogP contribution >= 0.6 is 0 Å². The average molecular weight is 271 g/mol. The topological polar surface area (TPSA) is 30.3 Å². The van der Waals surface area contributed by atoms with Gasteiger partial charge in [-0.15, -0.1) is 0 Å². The van der Waals surface area contributed by atoms with Crippen molar-refractivity contribution in [3.8, 4) is 6.07 Å². The SMILES string of the molecule is CN1CCC(CN(C)C(CC#N)c2ccccc2)CC1. The third-order valence-electron chi connectivity index (χ3n) is 4.39. The van der Waals surface area contributed by atoms with E-state index in [2.05, 4.69) is 54.2 Å². The summed E-state index contributed by atoms with van der Waals surface area (Å²) in [6, 6.07) is 13.0. The zero-order chi connectivity index (χ0) is 14.4. The van der Waals surface area contributed by atoms with Crippen LogP contribution in [0.2, 0.25) is 0 Å². The minimum absolute atomic E-state index is 0.223. The number of hydrogen-bond acceptors (Lipinski definition) is 3. The molecule has 3 nitrogen and oxygen atoms in total. The number of nitrogens with zero attached hydrogens (tertiary/aromatic N) is 3. The van der Waals surface area contributed by atoms with Crippen molar-refractivity contribution in [1.82, 2.24) is 9.80 Å². The molecule has 0 spiro atoms. The first-order valence-electron chi connectivity index (χ1n) is 7.51. The highest BCUT2D eigenvalue weighted by molar-refractivity contribution is 5.20. The molecule has 2 rings (SSSR count). The van der Waals surface area contributed by atoms with Gasteiger partial charge in [0.05, 0.1) is 12.5 Å². The number of hydrogen-bond donors (Lipinski definition) is 0. The van der Waals surface area contributed by atoms with Crippen LogP contribution in [0.3, 0.4) is 0 Å². The highest BCUT2D eigenvalue weighted by atomic mass is 15.1. The van der Waals surface area contributed by atoms with Crippen molar-refractivity contribution < 1.29 is 0 Å². The second kappa shape index (κ2) is 7.42. The van der Waals surface area contributed by atoms with Crippen LogP contribution in [0.5, 0.6) is 0 Å². The fourth-order valence-corrected chi connectivity index (χ4v) is 3.07. The maximum absolute atomic E-state index is 9.10. The van der Waals surface area contributed by atoms with Crippen molar-refractivity contribution in [2.24, 2.45) is 5.92 Å². The monoisotopic (exact) mass is 271 g/mol. The molecule has 1 saturated heterocycles. The largest absolute Gasteiger partial charge is 0.306 e. The second-order valence-electron chi connectivity index (χ2n) is 5.97. The molecule has 0 radical (unpaired) electrons. The Balaban J connectivity index is 1.97. The smallest absolute Gasteiger partial charge is 0.0641 e. The minimum Gasteiger partial charge on any atom is -0.306 e. The Kier molecular flexibility index (Phi) is 5.58. The van der Waals surface area contributed by atoms with Gasteiger partial charge in [0.2, 0.25) is 0 Å². The molecule has 1 aliphatic heterocycles. The van der Waals surface area contributed by atoms with E-state index in [0.717, 1.165) is 12.5 Å². The van der Waals surface area contributed by atoms with Crippen LogP contribution in [-0.4, -0.2) is 43.5 Å². The molecule has 1 aromatic rings. The van der Waals surface area contributed by atoms with E-state index in [1.807, 2.05) is 6.07 Å². The van der Waals surface area contributed by atoms with Gasteiger partial charge in [-0.25, -0.2) is 0 Å². The zero-order valence-corrected chi connectivity index (χ0v) is 12.6. The van der Waals surface area contributed by atoms with Crippen molar-refractivity contribution in [1.29, 1.82) is 5.26 Å². The summed E-state index contributed by atoms with van der Waals surface area (Å²) < 4.78 is 0. The summed E-state index contributed by atoms with van der Waals surface area (Å²) in [6.45, 7) is 3.49. The molecule has 1 aliphatic rings. The van der Waals surface area contributed by atoms with Crippen LogP contribution in [-0.2, 0) is 0 Å². The summed E-state index contributed by atoms with van der Waals surface area (Å²) in [7, 11) is 4.36. The molecular weight excluding hydrogens is 246 g/mol. The first-order valence-corrected chi connectivity index (χ1v) is 7.51. The van der Waals surface area contributed by atoms with Crippen LogP contribution < -0.4 is 0 Å². The summed E-state index contributed by atoms with van der Waals surface area (Å²) in [5.74, 6) is 0.765. The fourth-order valence-electron chi connectivity index (χ4n) is 3.07. The quantitative estimate of drug-likeness (QED) is 0.825. The van der Waals surface area contributed by atoms with Crippen molar-refractivity contribution in [2.75, 3.05) is 33.7 Å². The highest BCUT2D eigenvalue weighted by Crippen LogP contribution is 2.26. The molecule has 3 heteroatoms. The van der Waals surface area contributed by atoms with E-state index in [1.54, 1.807) is 0 Å². The number of rotatable bonds is 5. The lowest BCUT2D eigenvalue weighted by molar-refractivity contribution is 0.150. The maximum Gasteiger partial charge on any atom is 0.0641 e.